The Morgan fingerprint density at radius 3 is 2.37 bits per heavy atom. The van der Waals surface area contributed by atoms with Crippen LogP contribution in [0.25, 0.3) is 0 Å². The minimum absolute atomic E-state index is 0.0145. The average Bonchev–Trinajstić information content (AvgIpc) is 3.26. The summed E-state index contributed by atoms with van der Waals surface area (Å²) in [7, 11) is 0. The number of rotatable bonds is 5. The molecular weight excluding hydrogens is 497 g/mol. The lowest BCUT2D eigenvalue weighted by molar-refractivity contribution is 0.0628. The third-order valence-electron chi connectivity index (χ3n) is 7.96. The van der Waals surface area contributed by atoms with Crippen molar-refractivity contribution in [2.45, 2.75) is 46.6 Å². The first-order chi connectivity index (χ1) is 18.2. The molecule has 1 aliphatic carbocycles. The zero-order chi connectivity index (χ0) is 26.9. The number of hydrogen-bond donors (Lipinski definition) is 1. The second-order valence-corrected chi connectivity index (χ2v) is 12.6. The second kappa shape index (κ2) is 11.0. The Morgan fingerprint density at radius 2 is 1.68 bits per heavy atom. The van der Waals surface area contributed by atoms with Crippen LogP contribution in [-0.2, 0) is 19.4 Å². The van der Waals surface area contributed by atoms with Gasteiger partial charge in [0.05, 0.1) is 11.1 Å². The summed E-state index contributed by atoms with van der Waals surface area (Å²) in [6.07, 6.45) is 2.72. The van der Waals surface area contributed by atoms with Gasteiger partial charge in [0.25, 0.3) is 11.8 Å². The molecule has 1 saturated heterocycles. The van der Waals surface area contributed by atoms with Crippen molar-refractivity contribution in [3.63, 3.8) is 0 Å². The average molecular weight is 534 g/mol. The van der Waals surface area contributed by atoms with Crippen molar-refractivity contribution in [2.75, 3.05) is 31.5 Å². The molecule has 1 atom stereocenters. The number of carbonyl (C=O) groups excluding carboxylic acids is 2. The van der Waals surface area contributed by atoms with Crippen LogP contribution in [0, 0.1) is 17.2 Å². The Morgan fingerprint density at radius 1 is 1.00 bits per heavy atom. The zero-order valence-corrected chi connectivity index (χ0v) is 23.2. The molecule has 1 unspecified atom stereocenters. The van der Waals surface area contributed by atoms with Crippen molar-refractivity contribution in [2.24, 2.45) is 11.3 Å². The van der Waals surface area contributed by atoms with Gasteiger partial charge in [0.15, 0.2) is 0 Å². The quantitative estimate of drug-likeness (QED) is 0.422. The molecule has 0 bridgehead atoms. The van der Waals surface area contributed by atoms with Gasteiger partial charge in [-0.25, -0.2) is 4.39 Å². The summed E-state index contributed by atoms with van der Waals surface area (Å²) in [6, 6.07) is 16.3. The molecule has 0 radical (unpaired) electrons. The van der Waals surface area contributed by atoms with Gasteiger partial charge in [0, 0.05) is 37.6 Å². The molecule has 3 aromatic rings. The Labute approximate surface area is 228 Å². The SMILES string of the molecule is CC(C)(C)C1CCc2c(sc(NC(=O)c3ccccc3F)c2C(=O)N2CCN(Cc3ccccc3)CC2)C1. The molecule has 1 N–H and O–H groups in total. The summed E-state index contributed by atoms with van der Waals surface area (Å²) in [6.45, 7) is 10.5. The molecule has 5 rings (SSSR count). The predicted molar refractivity (Wildman–Crippen MR) is 151 cm³/mol. The largest absolute Gasteiger partial charge is 0.336 e. The number of nitrogens with one attached hydrogen (secondary N) is 1. The number of thiophene rings is 1. The molecule has 7 heteroatoms. The Hall–Kier alpha value is -3.03. The molecule has 38 heavy (non-hydrogen) atoms. The van der Waals surface area contributed by atoms with E-state index in [-0.39, 0.29) is 16.9 Å². The van der Waals surface area contributed by atoms with E-state index < -0.39 is 11.7 Å². The fourth-order valence-electron chi connectivity index (χ4n) is 5.56. The summed E-state index contributed by atoms with van der Waals surface area (Å²) in [5, 5.41) is 3.47. The van der Waals surface area contributed by atoms with Crippen LogP contribution in [0.2, 0.25) is 0 Å². The van der Waals surface area contributed by atoms with E-state index in [4.69, 9.17) is 0 Å². The molecule has 5 nitrogen and oxygen atoms in total. The second-order valence-electron chi connectivity index (χ2n) is 11.5. The van der Waals surface area contributed by atoms with Crippen LogP contribution in [0.4, 0.5) is 9.39 Å². The Balaban J connectivity index is 1.38. The summed E-state index contributed by atoms with van der Waals surface area (Å²) in [4.78, 5) is 32.5. The van der Waals surface area contributed by atoms with Crippen molar-refractivity contribution in [1.29, 1.82) is 0 Å². The van der Waals surface area contributed by atoms with Gasteiger partial charge in [-0.2, -0.15) is 0 Å². The van der Waals surface area contributed by atoms with Crippen LogP contribution in [0.15, 0.2) is 54.6 Å². The Kier molecular flexibility index (Phi) is 7.68. The molecule has 2 amide bonds. The molecule has 0 saturated carbocycles. The number of carbonyl (C=O) groups is 2. The molecular formula is C31H36FN3O2S. The first-order valence-corrected chi connectivity index (χ1v) is 14.3. The monoisotopic (exact) mass is 533 g/mol. The number of nitrogens with zero attached hydrogens (tertiary/aromatic N) is 2. The van der Waals surface area contributed by atoms with E-state index in [1.165, 1.54) is 33.9 Å². The van der Waals surface area contributed by atoms with Gasteiger partial charge in [0.2, 0.25) is 0 Å². The first kappa shape index (κ1) is 26.6. The maximum absolute atomic E-state index is 14.4. The van der Waals surface area contributed by atoms with Gasteiger partial charge in [0.1, 0.15) is 10.8 Å². The van der Waals surface area contributed by atoms with E-state index in [2.05, 4.69) is 55.3 Å². The van der Waals surface area contributed by atoms with Crippen molar-refractivity contribution < 1.29 is 14.0 Å². The fourth-order valence-corrected chi connectivity index (χ4v) is 6.88. The van der Waals surface area contributed by atoms with Crippen molar-refractivity contribution in [3.8, 4) is 0 Å². The van der Waals surface area contributed by atoms with Gasteiger partial charge < -0.3 is 10.2 Å². The fraction of sp³-hybridized carbons (Fsp3) is 0.419. The molecule has 1 aromatic heterocycles. The summed E-state index contributed by atoms with van der Waals surface area (Å²) < 4.78 is 14.4. The number of benzene rings is 2. The van der Waals surface area contributed by atoms with Crippen LogP contribution in [0.1, 0.15) is 63.9 Å². The summed E-state index contributed by atoms with van der Waals surface area (Å²) >= 11 is 1.49. The summed E-state index contributed by atoms with van der Waals surface area (Å²) in [5.41, 5.74) is 3.09. The molecule has 1 aliphatic heterocycles. The highest BCUT2D eigenvalue weighted by molar-refractivity contribution is 7.17. The van der Waals surface area contributed by atoms with Crippen LogP contribution < -0.4 is 5.32 Å². The van der Waals surface area contributed by atoms with Crippen molar-refractivity contribution in [3.05, 3.63) is 87.5 Å². The number of piperazine rings is 1. The van der Waals surface area contributed by atoms with Crippen LogP contribution >= 0.6 is 11.3 Å². The number of hydrogen-bond acceptors (Lipinski definition) is 4. The van der Waals surface area contributed by atoms with E-state index in [1.807, 2.05) is 11.0 Å². The predicted octanol–water partition coefficient (Wildman–Crippen LogP) is 6.25. The van der Waals surface area contributed by atoms with E-state index in [0.717, 1.165) is 44.5 Å². The van der Waals surface area contributed by atoms with Gasteiger partial charge >= 0.3 is 0 Å². The highest BCUT2D eigenvalue weighted by Crippen LogP contribution is 2.45. The number of anilines is 1. The zero-order valence-electron chi connectivity index (χ0n) is 22.4. The molecule has 0 spiro atoms. The molecule has 200 valence electrons. The lowest BCUT2D eigenvalue weighted by Gasteiger charge is -2.36. The van der Waals surface area contributed by atoms with Crippen molar-refractivity contribution in [1.82, 2.24) is 9.80 Å². The number of fused-ring (bicyclic) bond motifs is 1. The first-order valence-electron chi connectivity index (χ1n) is 13.5. The lowest BCUT2D eigenvalue weighted by Crippen LogP contribution is -2.48. The normalized spacial score (nSPS) is 18.2. The highest BCUT2D eigenvalue weighted by Gasteiger charge is 2.36. The van der Waals surface area contributed by atoms with Gasteiger partial charge in [-0.05, 0) is 53.9 Å². The van der Waals surface area contributed by atoms with Gasteiger partial charge in [-0.1, -0.05) is 63.2 Å². The molecule has 2 aliphatic rings. The Bertz CT molecular complexity index is 1310. The molecule has 2 heterocycles. The minimum Gasteiger partial charge on any atom is -0.336 e. The smallest absolute Gasteiger partial charge is 0.259 e. The standard InChI is InChI=1S/C31H36FN3O2S/c1-31(2,3)22-13-14-24-26(19-22)38-29(33-28(36)23-11-7-8-12-25(23)32)27(24)30(37)35-17-15-34(16-18-35)20-21-9-5-4-6-10-21/h4-12,22H,13-20H2,1-3H3,(H,33,36). The topological polar surface area (TPSA) is 52.7 Å². The van der Waals surface area contributed by atoms with E-state index in [9.17, 15) is 14.0 Å². The number of amides is 2. The van der Waals surface area contributed by atoms with Crippen LogP contribution in [0.3, 0.4) is 0 Å². The van der Waals surface area contributed by atoms with E-state index in [0.29, 0.717) is 29.6 Å². The van der Waals surface area contributed by atoms with Gasteiger partial charge in [-0.3, -0.25) is 14.5 Å². The minimum atomic E-state index is -0.568. The lowest BCUT2D eigenvalue weighted by atomic mass is 9.72. The van der Waals surface area contributed by atoms with E-state index in [1.54, 1.807) is 12.1 Å². The van der Waals surface area contributed by atoms with Crippen molar-refractivity contribution >= 4 is 28.2 Å². The van der Waals surface area contributed by atoms with Gasteiger partial charge in [-0.15, -0.1) is 11.3 Å². The maximum atomic E-state index is 14.4. The third-order valence-corrected chi connectivity index (χ3v) is 9.13. The number of halogens is 1. The maximum Gasteiger partial charge on any atom is 0.259 e. The van der Waals surface area contributed by atoms with Crippen LogP contribution in [-0.4, -0.2) is 47.8 Å². The third kappa shape index (κ3) is 5.69. The highest BCUT2D eigenvalue weighted by atomic mass is 32.1. The molecule has 1 fully saturated rings. The van der Waals surface area contributed by atoms with E-state index >= 15 is 0 Å². The summed E-state index contributed by atoms with van der Waals surface area (Å²) in [5.74, 6) is -0.606. The van der Waals surface area contributed by atoms with Crippen LogP contribution in [0.5, 0.6) is 0 Å². The molecule has 2 aromatic carbocycles.